The van der Waals surface area contributed by atoms with Crippen LogP contribution in [0.3, 0.4) is 0 Å². The Bertz CT molecular complexity index is 134. The van der Waals surface area contributed by atoms with E-state index in [2.05, 4.69) is 35.7 Å². The maximum absolute atomic E-state index is 6.27. The molecule has 0 aromatic carbocycles. The fraction of sp³-hybridized carbons (Fsp3) is 1.00. The monoisotopic (exact) mass is 360 g/mol. The Kier molecular flexibility index (Phi) is 11.3. The predicted octanol–water partition coefficient (Wildman–Crippen LogP) is 5.99. The summed E-state index contributed by atoms with van der Waals surface area (Å²) in [7, 11) is -1.27. The Hall–Kier alpha value is 1.24. The smallest absolute Gasteiger partial charge is 0.150 e. The summed E-state index contributed by atoms with van der Waals surface area (Å²) in [6, 6.07) is 1.30. The molecular formula is C12H26ClISi. The van der Waals surface area contributed by atoms with E-state index in [0.717, 1.165) is 0 Å². The first-order valence-electron chi connectivity index (χ1n) is 6.31. The topological polar surface area (TPSA) is 0 Å². The summed E-state index contributed by atoms with van der Waals surface area (Å²) in [4.78, 5) is 0. The standard InChI is InChI=1S/C12H26ClISi/c1-15(2,13)12-10-8-6-4-3-5-7-9-11-14/h3-12H2,1-2H3. The molecule has 0 rings (SSSR count). The summed E-state index contributed by atoms with van der Waals surface area (Å²) in [5.41, 5.74) is 0. The summed E-state index contributed by atoms with van der Waals surface area (Å²) in [6.45, 7) is 4.50. The molecule has 0 saturated carbocycles. The quantitative estimate of drug-likeness (QED) is 0.148. The van der Waals surface area contributed by atoms with Crippen LogP contribution in [-0.2, 0) is 0 Å². The minimum atomic E-state index is -1.27. The Morgan fingerprint density at radius 2 is 1.20 bits per heavy atom. The maximum Gasteiger partial charge on any atom is 0.150 e. The molecule has 0 aromatic heterocycles. The van der Waals surface area contributed by atoms with Crippen molar-refractivity contribution < 1.29 is 0 Å². The van der Waals surface area contributed by atoms with Crippen LogP contribution in [0.5, 0.6) is 0 Å². The summed E-state index contributed by atoms with van der Waals surface area (Å²) in [5.74, 6) is 0. The Balaban J connectivity index is 2.99. The number of hydrogen-bond acceptors (Lipinski definition) is 0. The van der Waals surface area contributed by atoms with Crippen LogP contribution in [0.15, 0.2) is 0 Å². The lowest BCUT2D eigenvalue weighted by Gasteiger charge is -2.11. The Labute approximate surface area is 115 Å². The van der Waals surface area contributed by atoms with Crippen molar-refractivity contribution in [2.45, 2.75) is 70.5 Å². The van der Waals surface area contributed by atoms with Crippen molar-refractivity contribution in [1.29, 1.82) is 0 Å². The van der Waals surface area contributed by atoms with Gasteiger partial charge in [0.2, 0.25) is 0 Å². The first kappa shape index (κ1) is 16.2. The fourth-order valence-electron chi connectivity index (χ4n) is 1.70. The van der Waals surface area contributed by atoms with Crippen molar-refractivity contribution in [3.05, 3.63) is 0 Å². The molecule has 0 amide bonds. The number of halogens is 2. The van der Waals surface area contributed by atoms with E-state index >= 15 is 0 Å². The zero-order valence-corrected chi connectivity index (χ0v) is 14.2. The van der Waals surface area contributed by atoms with Gasteiger partial charge in [0.05, 0.1) is 0 Å². The summed E-state index contributed by atoms with van der Waals surface area (Å²) in [5, 5.41) is 0. The zero-order chi connectivity index (χ0) is 11.6. The van der Waals surface area contributed by atoms with Gasteiger partial charge in [-0.15, -0.1) is 0 Å². The fourth-order valence-corrected chi connectivity index (χ4v) is 3.73. The molecule has 0 spiro atoms. The normalized spacial score (nSPS) is 12.0. The summed E-state index contributed by atoms with van der Waals surface area (Å²) < 4.78 is 1.33. The van der Waals surface area contributed by atoms with Crippen LogP contribution in [0.4, 0.5) is 0 Å². The van der Waals surface area contributed by atoms with Crippen molar-refractivity contribution in [2.75, 3.05) is 4.43 Å². The number of unbranched alkanes of at least 4 members (excludes halogenated alkanes) is 7. The molecule has 0 N–H and O–H groups in total. The van der Waals surface area contributed by atoms with Gasteiger partial charge in [-0.05, 0) is 16.9 Å². The number of hydrogen-bond donors (Lipinski definition) is 0. The first-order valence-corrected chi connectivity index (χ1v) is 12.1. The van der Waals surface area contributed by atoms with Crippen LogP contribution in [0.25, 0.3) is 0 Å². The summed E-state index contributed by atoms with van der Waals surface area (Å²) >= 11 is 8.73. The van der Waals surface area contributed by atoms with Gasteiger partial charge in [-0.2, -0.15) is 11.1 Å². The van der Waals surface area contributed by atoms with E-state index in [-0.39, 0.29) is 0 Å². The highest BCUT2D eigenvalue weighted by Gasteiger charge is 2.15. The van der Waals surface area contributed by atoms with Crippen LogP contribution in [0.2, 0.25) is 19.1 Å². The van der Waals surface area contributed by atoms with Crippen molar-refractivity contribution in [3.63, 3.8) is 0 Å². The third-order valence-electron chi connectivity index (χ3n) is 2.65. The second kappa shape index (κ2) is 10.4. The molecule has 0 unspecified atom stereocenters. The van der Waals surface area contributed by atoms with E-state index < -0.39 is 7.38 Å². The van der Waals surface area contributed by atoms with Crippen LogP contribution >= 0.6 is 33.7 Å². The molecule has 15 heavy (non-hydrogen) atoms. The van der Waals surface area contributed by atoms with Gasteiger partial charge in [0.25, 0.3) is 0 Å². The molecule has 0 saturated heterocycles. The predicted molar refractivity (Wildman–Crippen MR) is 84.0 cm³/mol. The van der Waals surface area contributed by atoms with Crippen LogP contribution < -0.4 is 0 Å². The van der Waals surface area contributed by atoms with Crippen molar-refractivity contribution in [2.24, 2.45) is 0 Å². The molecular weight excluding hydrogens is 335 g/mol. The number of alkyl halides is 1. The average Bonchev–Trinajstić information content (AvgIpc) is 2.14. The van der Waals surface area contributed by atoms with E-state index in [0.29, 0.717) is 0 Å². The molecule has 92 valence electrons. The van der Waals surface area contributed by atoms with Gasteiger partial charge < -0.3 is 0 Å². The molecule has 0 nitrogen and oxygen atoms in total. The van der Waals surface area contributed by atoms with Crippen molar-refractivity contribution in [1.82, 2.24) is 0 Å². The van der Waals surface area contributed by atoms with Gasteiger partial charge in [-0.1, -0.05) is 80.6 Å². The zero-order valence-electron chi connectivity index (χ0n) is 10.3. The lowest BCUT2D eigenvalue weighted by molar-refractivity contribution is 0.586. The minimum absolute atomic E-state index is 1.27. The highest BCUT2D eigenvalue weighted by Crippen LogP contribution is 2.19. The van der Waals surface area contributed by atoms with Gasteiger partial charge >= 0.3 is 0 Å². The molecule has 0 aliphatic rings. The highest BCUT2D eigenvalue weighted by molar-refractivity contribution is 14.1. The van der Waals surface area contributed by atoms with E-state index in [1.807, 2.05) is 0 Å². The third kappa shape index (κ3) is 15.2. The molecule has 0 heterocycles. The van der Waals surface area contributed by atoms with Gasteiger partial charge in [0, 0.05) is 0 Å². The third-order valence-corrected chi connectivity index (χ3v) is 5.53. The lowest BCUT2D eigenvalue weighted by atomic mass is 10.1. The summed E-state index contributed by atoms with van der Waals surface area (Å²) in [6.07, 6.45) is 11.3. The molecule has 0 aromatic rings. The molecule has 0 atom stereocenters. The maximum atomic E-state index is 6.27. The molecule has 0 radical (unpaired) electrons. The van der Waals surface area contributed by atoms with E-state index in [9.17, 15) is 0 Å². The first-order chi connectivity index (χ1) is 7.06. The Morgan fingerprint density at radius 1 is 0.800 bits per heavy atom. The molecule has 0 aliphatic heterocycles. The average molecular weight is 361 g/mol. The second-order valence-electron chi connectivity index (χ2n) is 4.99. The minimum Gasteiger partial charge on any atom is -0.168 e. The molecule has 0 fully saturated rings. The van der Waals surface area contributed by atoms with Gasteiger partial charge in [0.15, 0.2) is 0 Å². The van der Waals surface area contributed by atoms with Gasteiger partial charge in [-0.25, -0.2) is 0 Å². The lowest BCUT2D eigenvalue weighted by Crippen LogP contribution is -2.14. The SMILES string of the molecule is C[Si](C)(Cl)CCCCCCCCCCI. The highest BCUT2D eigenvalue weighted by atomic mass is 127. The van der Waals surface area contributed by atoms with Gasteiger partial charge in [0.1, 0.15) is 7.38 Å². The van der Waals surface area contributed by atoms with Gasteiger partial charge in [-0.3, -0.25) is 0 Å². The van der Waals surface area contributed by atoms with Crippen molar-refractivity contribution >= 4 is 41.1 Å². The largest absolute Gasteiger partial charge is 0.168 e. The van der Waals surface area contributed by atoms with Crippen molar-refractivity contribution in [3.8, 4) is 0 Å². The Morgan fingerprint density at radius 3 is 1.60 bits per heavy atom. The van der Waals surface area contributed by atoms with E-state index in [1.54, 1.807) is 0 Å². The van der Waals surface area contributed by atoms with Crippen LogP contribution in [0.1, 0.15) is 51.4 Å². The van der Waals surface area contributed by atoms with E-state index in [4.69, 9.17) is 11.1 Å². The second-order valence-corrected chi connectivity index (χ2v) is 13.1. The number of rotatable bonds is 10. The van der Waals surface area contributed by atoms with Crippen LogP contribution in [-0.4, -0.2) is 11.8 Å². The van der Waals surface area contributed by atoms with E-state index in [1.165, 1.54) is 61.8 Å². The molecule has 3 heteroatoms. The molecule has 0 bridgehead atoms. The molecule has 0 aliphatic carbocycles. The van der Waals surface area contributed by atoms with Crippen LogP contribution in [0, 0.1) is 0 Å².